The van der Waals surface area contributed by atoms with E-state index in [1.165, 1.54) is 0 Å². The standard InChI is InChI=1S/C14H18N2O3/c1-2-18-7-8-19-13-5-3-11(4-6-13)14-9-12(10-17)15-16-14/h3-6,9,17H,2,7-8,10H2,1H3,(H,15,16). The zero-order valence-corrected chi connectivity index (χ0v) is 10.9. The van der Waals surface area contributed by atoms with Gasteiger partial charge in [-0.2, -0.15) is 5.10 Å². The quantitative estimate of drug-likeness (QED) is 0.749. The van der Waals surface area contributed by atoms with Gasteiger partial charge in [0.15, 0.2) is 0 Å². The molecule has 2 N–H and O–H groups in total. The Morgan fingerprint density at radius 3 is 2.63 bits per heavy atom. The van der Waals surface area contributed by atoms with E-state index in [0.29, 0.717) is 25.5 Å². The number of hydrogen-bond donors (Lipinski definition) is 2. The summed E-state index contributed by atoms with van der Waals surface area (Å²) in [5.74, 6) is 0.807. The van der Waals surface area contributed by atoms with Gasteiger partial charge in [-0.15, -0.1) is 0 Å². The number of hydrogen-bond acceptors (Lipinski definition) is 4. The SMILES string of the molecule is CCOCCOc1ccc(-c2cc(CO)[nH]n2)cc1. The first-order chi connectivity index (χ1) is 9.33. The number of ether oxygens (including phenoxy) is 2. The lowest BCUT2D eigenvalue weighted by atomic mass is 10.1. The van der Waals surface area contributed by atoms with E-state index in [2.05, 4.69) is 10.2 Å². The first-order valence-corrected chi connectivity index (χ1v) is 6.29. The molecule has 1 heterocycles. The lowest BCUT2D eigenvalue weighted by Gasteiger charge is -2.06. The van der Waals surface area contributed by atoms with Crippen LogP contribution in [0.15, 0.2) is 30.3 Å². The van der Waals surface area contributed by atoms with Gasteiger partial charge >= 0.3 is 0 Å². The van der Waals surface area contributed by atoms with Crippen molar-refractivity contribution in [2.45, 2.75) is 13.5 Å². The Balaban J connectivity index is 1.94. The second-order valence-corrected chi connectivity index (χ2v) is 4.01. The second kappa shape index (κ2) is 6.92. The van der Waals surface area contributed by atoms with Crippen molar-refractivity contribution in [3.63, 3.8) is 0 Å². The van der Waals surface area contributed by atoms with Crippen LogP contribution in [0.5, 0.6) is 5.75 Å². The summed E-state index contributed by atoms with van der Waals surface area (Å²) < 4.78 is 10.7. The molecule has 0 aliphatic heterocycles. The van der Waals surface area contributed by atoms with Crippen molar-refractivity contribution in [2.75, 3.05) is 19.8 Å². The number of aromatic nitrogens is 2. The first kappa shape index (κ1) is 13.6. The number of rotatable bonds is 7. The van der Waals surface area contributed by atoms with E-state index in [0.717, 1.165) is 17.0 Å². The molecule has 0 aliphatic carbocycles. The molecule has 0 bridgehead atoms. The van der Waals surface area contributed by atoms with Gasteiger partial charge in [0, 0.05) is 12.2 Å². The number of H-pyrrole nitrogens is 1. The summed E-state index contributed by atoms with van der Waals surface area (Å²) in [6, 6.07) is 9.49. The third kappa shape index (κ3) is 3.81. The number of nitrogens with one attached hydrogen (secondary N) is 1. The summed E-state index contributed by atoms with van der Waals surface area (Å²) in [6.07, 6.45) is 0. The van der Waals surface area contributed by atoms with Gasteiger partial charge in [0.2, 0.25) is 0 Å². The Bertz CT molecular complexity index is 494. The van der Waals surface area contributed by atoms with Crippen molar-refractivity contribution in [1.82, 2.24) is 10.2 Å². The fourth-order valence-electron chi connectivity index (χ4n) is 1.68. The molecule has 0 fully saturated rings. The summed E-state index contributed by atoms with van der Waals surface area (Å²) in [4.78, 5) is 0. The third-order valence-electron chi connectivity index (χ3n) is 2.65. The molecule has 1 aromatic heterocycles. The highest BCUT2D eigenvalue weighted by molar-refractivity contribution is 5.60. The average molecular weight is 262 g/mol. The molecule has 2 aromatic rings. The van der Waals surface area contributed by atoms with Gasteiger partial charge in [-0.3, -0.25) is 5.10 Å². The van der Waals surface area contributed by atoms with E-state index in [1.54, 1.807) is 0 Å². The van der Waals surface area contributed by atoms with Crippen LogP contribution in [-0.4, -0.2) is 35.1 Å². The van der Waals surface area contributed by atoms with Crippen LogP contribution < -0.4 is 4.74 Å². The Hall–Kier alpha value is -1.85. The van der Waals surface area contributed by atoms with Gasteiger partial charge in [-0.25, -0.2) is 0 Å². The van der Waals surface area contributed by atoms with Gasteiger partial charge in [0.25, 0.3) is 0 Å². The summed E-state index contributed by atoms with van der Waals surface area (Å²) in [5.41, 5.74) is 2.49. The Morgan fingerprint density at radius 2 is 2.00 bits per heavy atom. The van der Waals surface area contributed by atoms with Crippen LogP contribution in [0.4, 0.5) is 0 Å². The van der Waals surface area contributed by atoms with Gasteiger partial charge < -0.3 is 14.6 Å². The minimum atomic E-state index is -0.0361. The van der Waals surface area contributed by atoms with Gasteiger partial charge in [0.1, 0.15) is 12.4 Å². The topological polar surface area (TPSA) is 67.4 Å². The van der Waals surface area contributed by atoms with Gasteiger partial charge in [-0.05, 0) is 37.3 Å². The lowest BCUT2D eigenvalue weighted by molar-refractivity contribution is 0.110. The van der Waals surface area contributed by atoms with E-state index in [1.807, 2.05) is 37.3 Å². The fourth-order valence-corrected chi connectivity index (χ4v) is 1.68. The van der Waals surface area contributed by atoms with Gasteiger partial charge in [0.05, 0.1) is 24.6 Å². The molecule has 0 spiro atoms. The molecule has 102 valence electrons. The smallest absolute Gasteiger partial charge is 0.119 e. The van der Waals surface area contributed by atoms with Crippen LogP contribution in [0, 0.1) is 0 Å². The molecule has 1 aromatic carbocycles. The van der Waals surface area contributed by atoms with Crippen LogP contribution in [0.1, 0.15) is 12.6 Å². The Morgan fingerprint density at radius 1 is 1.21 bits per heavy atom. The monoisotopic (exact) mass is 262 g/mol. The van der Waals surface area contributed by atoms with Crippen LogP contribution in [0.2, 0.25) is 0 Å². The van der Waals surface area contributed by atoms with E-state index >= 15 is 0 Å². The molecule has 5 nitrogen and oxygen atoms in total. The molecule has 0 saturated carbocycles. The first-order valence-electron chi connectivity index (χ1n) is 6.29. The fraction of sp³-hybridized carbons (Fsp3) is 0.357. The van der Waals surface area contributed by atoms with Crippen molar-refractivity contribution in [1.29, 1.82) is 0 Å². The van der Waals surface area contributed by atoms with Crippen molar-refractivity contribution in [3.05, 3.63) is 36.0 Å². The number of benzene rings is 1. The normalized spacial score (nSPS) is 10.6. The van der Waals surface area contributed by atoms with Crippen molar-refractivity contribution >= 4 is 0 Å². The average Bonchev–Trinajstić information content (AvgIpc) is 2.93. The molecule has 0 unspecified atom stereocenters. The molecule has 0 radical (unpaired) electrons. The van der Waals surface area contributed by atoms with E-state index in [-0.39, 0.29) is 6.61 Å². The zero-order valence-electron chi connectivity index (χ0n) is 10.9. The highest BCUT2D eigenvalue weighted by atomic mass is 16.5. The molecule has 0 atom stereocenters. The molecule has 0 aliphatic rings. The van der Waals surface area contributed by atoms with E-state index < -0.39 is 0 Å². The molecule has 0 saturated heterocycles. The number of aliphatic hydroxyl groups excluding tert-OH is 1. The maximum Gasteiger partial charge on any atom is 0.119 e. The number of aliphatic hydroxyl groups is 1. The Labute approximate surface area is 112 Å². The molecule has 19 heavy (non-hydrogen) atoms. The molecule has 5 heteroatoms. The number of aromatic amines is 1. The summed E-state index contributed by atoms with van der Waals surface area (Å²) in [7, 11) is 0. The van der Waals surface area contributed by atoms with Crippen molar-refractivity contribution in [2.24, 2.45) is 0 Å². The maximum atomic E-state index is 8.98. The molecular weight excluding hydrogens is 244 g/mol. The number of nitrogens with zero attached hydrogens (tertiary/aromatic N) is 1. The minimum absolute atomic E-state index is 0.0361. The highest BCUT2D eigenvalue weighted by Crippen LogP contribution is 2.21. The van der Waals surface area contributed by atoms with E-state index in [4.69, 9.17) is 14.6 Å². The summed E-state index contributed by atoms with van der Waals surface area (Å²) in [5, 5.41) is 15.9. The lowest BCUT2D eigenvalue weighted by Crippen LogP contribution is -2.06. The van der Waals surface area contributed by atoms with Crippen LogP contribution in [-0.2, 0) is 11.3 Å². The predicted octanol–water partition coefficient (Wildman–Crippen LogP) is 1.98. The third-order valence-corrected chi connectivity index (χ3v) is 2.65. The zero-order chi connectivity index (χ0) is 13.5. The molecular formula is C14H18N2O3. The van der Waals surface area contributed by atoms with Crippen molar-refractivity contribution in [3.8, 4) is 17.0 Å². The minimum Gasteiger partial charge on any atom is -0.491 e. The second-order valence-electron chi connectivity index (χ2n) is 4.01. The van der Waals surface area contributed by atoms with Crippen LogP contribution in [0.3, 0.4) is 0 Å². The van der Waals surface area contributed by atoms with Crippen LogP contribution >= 0.6 is 0 Å². The van der Waals surface area contributed by atoms with Crippen LogP contribution in [0.25, 0.3) is 11.3 Å². The molecule has 0 amide bonds. The largest absolute Gasteiger partial charge is 0.491 e. The van der Waals surface area contributed by atoms with E-state index in [9.17, 15) is 0 Å². The maximum absolute atomic E-state index is 8.98. The molecule has 2 rings (SSSR count). The predicted molar refractivity (Wildman–Crippen MR) is 71.9 cm³/mol. The van der Waals surface area contributed by atoms with Gasteiger partial charge in [-0.1, -0.05) is 0 Å². The highest BCUT2D eigenvalue weighted by Gasteiger charge is 2.03. The summed E-state index contributed by atoms with van der Waals surface area (Å²) >= 11 is 0. The Kier molecular flexibility index (Phi) is 4.94. The summed E-state index contributed by atoms with van der Waals surface area (Å²) in [6.45, 7) is 3.77. The van der Waals surface area contributed by atoms with Crippen molar-refractivity contribution < 1.29 is 14.6 Å².